The van der Waals surface area contributed by atoms with Gasteiger partial charge in [-0.1, -0.05) is 30.3 Å². The second-order valence-corrected chi connectivity index (χ2v) is 6.93. The van der Waals surface area contributed by atoms with E-state index in [-0.39, 0.29) is 11.9 Å². The highest BCUT2D eigenvalue weighted by Gasteiger charge is 2.14. The van der Waals surface area contributed by atoms with Gasteiger partial charge in [-0.15, -0.1) is 11.3 Å². The Morgan fingerprint density at radius 1 is 0.963 bits per heavy atom. The predicted molar refractivity (Wildman–Crippen MR) is 107 cm³/mol. The third kappa shape index (κ3) is 3.85. The van der Waals surface area contributed by atoms with Crippen molar-refractivity contribution in [3.63, 3.8) is 0 Å². The van der Waals surface area contributed by atoms with Crippen LogP contribution in [-0.4, -0.2) is 15.0 Å². The molecule has 0 fully saturated rings. The van der Waals surface area contributed by atoms with Crippen LogP contribution in [-0.2, 0) is 0 Å². The van der Waals surface area contributed by atoms with Crippen LogP contribution in [0.3, 0.4) is 0 Å². The van der Waals surface area contributed by atoms with Gasteiger partial charge in [0.05, 0.1) is 27.8 Å². The molecule has 0 saturated carbocycles. The number of nitrogens with one attached hydrogen (secondary N) is 1. The number of hydrogen-bond donors (Lipinski definition) is 1. The second-order valence-electron chi connectivity index (χ2n) is 6.08. The van der Waals surface area contributed by atoms with Crippen LogP contribution in [0.4, 0.5) is 10.3 Å². The molecular formula is C21H17FN4S. The number of anilines is 1. The first-order valence-electron chi connectivity index (χ1n) is 8.55. The van der Waals surface area contributed by atoms with Crippen LogP contribution >= 0.6 is 11.3 Å². The average molecular weight is 376 g/mol. The van der Waals surface area contributed by atoms with E-state index in [0.717, 1.165) is 27.4 Å². The summed E-state index contributed by atoms with van der Waals surface area (Å²) in [6, 6.07) is 18.4. The molecule has 1 N–H and O–H groups in total. The van der Waals surface area contributed by atoms with E-state index in [4.69, 9.17) is 0 Å². The van der Waals surface area contributed by atoms with Gasteiger partial charge in [0.1, 0.15) is 5.82 Å². The summed E-state index contributed by atoms with van der Waals surface area (Å²) in [4.78, 5) is 14.4. The van der Waals surface area contributed by atoms with Gasteiger partial charge in [0, 0.05) is 11.8 Å². The highest BCUT2D eigenvalue weighted by Crippen LogP contribution is 2.34. The Morgan fingerprint density at radius 3 is 2.52 bits per heavy atom. The molecule has 27 heavy (non-hydrogen) atoms. The van der Waals surface area contributed by atoms with Gasteiger partial charge in [-0.3, -0.25) is 0 Å². The zero-order valence-electron chi connectivity index (χ0n) is 14.6. The van der Waals surface area contributed by atoms with Crippen molar-refractivity contribution in [2.75, 3.05) is 5.32 Å². The molecule has 0 aliphatic heterocycles. The molecule has 4 rings (SSSR count). The van der Waals surface area contributed by atoms with Crippen molar-refractivity contribution >= 4 is 17.3 Å². The van der Waals surface area contributed by atoms with Crippen molar-refractivity contribution in [3.05, 3.63) is 83.8 Å². The fraction of sp³-hybridized carbons (Fsp3) is 0.0952. The Balaban J connectivity index is 1.62. The van der Waals surface area contributed by atoms with E-state index < -0.39 is 0 Å². The first kappa shape index (κ1) is 17.3. The summed E-state index contributed by atoms with van der Waals surface area (Å²) < 4.78 is 13.2. The maximum Gasteiger partial charge on any atom is 0.223 e. The van der Waals surface area contributed by atoms with Crippen molar-refractivity contribution in [2.45, 2.75) is 13.0 Å². The van der Waals surface area contributed by atoms with Crippen molar-refractivity contribution in [1.82, 2.24) is 15.0 Å². The number of thiazole rings is 1. The molecule has 0 aliphatic carbocycles. The third-order valence-corrected chi connectivity index (χ3v) is 5.07. The molecule has 4 aromatic rings. The molecule has 0 saturated heterocycles. The molecule has 0 amide bonds. The monoisotopic (exact) mass is 376 g/mol. The minimum absolute atomic E-state index is 0.0829. The summed E-state index contributed by atoms with van der Waals surface area (Å²) in [6.45, 7) is 2.07. The lowest BCUT2D eigenvalue weighted by molar-refractivity contribution is 0.628. The Morgan fingerprint density at radius 2 is 1.74 bits per heavy atom. The maximum atomic E-state index is 13.2. The Labute approximate surface area is 160 Å². The Hall–Kier alpha value is -3.12. The van der Waals surface area contributed by atoms with Crippen molar-refractivity contribution < 1.29 is 4.39 Å². The summed E-state index contributed by atoms with van der Waals surface area (Å²) in [6.07, 6.45) is 1.73. The fourth-order valence-electron chi connectivity index (χ4n) is 2.81. The van der Waals surface area contributed by atoms with Gasteiger partial charge in [0.25, 0.3) is 0 Å². The number of aromatic nitrogens is 3. The highest BCUT2D eigenvalue weighted by molar-refractivity contribution is 7.13. The average Bonchev–Trinajstić information content (AvgIpc) is 3.19. The van der Waals surface area contributed by atoms with Crippen molar-refractivity contribution in [2.24, 2.45) is 0 Å². The summed E-state index contributed by atoms with van der Waals surface area (Å²) in [5, 5.41) is 3.34. The van der Waals surface area contributed by atoms with E-state index in [9.17, 15) is 4.39 Å². The minimum atomic E-state index is -0.265. The topological polar surface area (TPSA) is 50.7 Å². The standard InChI is InChI=1S/C21H17FN4S/c1-14(15-5-3-2-4-6-15)25-21-23-12-11-18(26-21)20-19(24-13-27-20)16-7-9-17(22)10-8-16/h2-14H,1H3,(H,23,25,26). The molecule has 2 aromatic carbocycles. The molecular weight excluding hydrogens is 359 g/mol. The zero-order chi connectivity index (χ0) is 18.6. The van der Waals surface area contributed by atoms with Crippen LogP contribution in [0.1, 0.15) is 18.5 Å². The first-order valence-corrected chi connectivity index (χ1v) is 9.43. The predicted octanol–water partition coefficient (Wildman–Crippen LogP) is 5.58. The summed E-state index contributed by atoms with van der Waals surface area (Å²) >= 11 is 1.50. The van der Waals surface area contributed by atoms with Crippen molar-refractivity contribution in [3.8, 4) is 21.8 Å². The van der Waals surface area contributed by atoms with Crippen LogP contribution in [0.2, 0.25) is 0 Å². The highest BCUT2D eigenvalue weighted by atomic mass is 32.1. The number of halogens is 1. The fourth-order valence-corrected chi connectivity index (χ4v) is 3.59. The first-order chi connectivity index (χ1) is 13.2. The van der Waals surface area contributed by atoms with E-state index in [2.05, 4.69) is 39.3 Å². The second kappa shape index (κ2) is 7.63. The van der Waals surface area contributed by atoms with Crippen molar-refractivity contribution in [1.29, 1.82) is 0 Å². The summed E-state index contributed by atoms with van der Waals surface area (Å²) in [5.74, 6) is 0.293. The van der Waals surface area contributed by atoms with Gasteiger partial charge < -0.3 is 5.32 Å². The van der Waals surface area contributed by atoms with Crippen LogP contribution in [0.15, 0.2) is 72.4 Å². The summed E-state index contributed by atoms with van der Waals surface area (Å²) in [5.41, 5.74) is 5.38. The quantitative estimate of drug-likeness (QED) is 0.494. The van der Waals surface area contributed by atoms with E-state index in [1.165, 1.54) is 23.5 Å². The van der Waals surface area contributed by atoms with Gasteiger partial charge in [-0.05, 0) is 42.8 Å². The zero-order valence-corrected chi connectivity index (χ0v) is 15.4. The lowest BCUT2D eigenvalue weighted by Crippen LogP contribution is -2.09. The number of rotatable bonds is 5. The van der Waals surface area contributed by atoms with Gasteiger partial charge in [0.2, 0.25) is 5.95 Å². The molecule has 2 aromatic heterocycles. The van der Waals surface area contributed by atoms with Crippen LogP contribution in [0.25, 0.3) is 21.8 Å². The molecule has 2 heterocycles. The number of benzene rings is 2. The molecule has 0 spiro atoms. The molecule has 1 unspecified atom stereocenters. The smallest absolute Gasteiger partial charge is 0.223 e. The van der Waals surface area contributed by atoms with E-state index in [1.807, 2.05) is 24.3 Å². The van der Waals surface area contributed by atoms with Gasteiger partial charge in [-0.2, -0.15) is 0 Å². The van der Waals surface area contributed by atoms with Gasteiger partial charge >= 0.3 is 0 Å². The summed E-state index contributed by atoms with van der Waals surface area (Å²) in [7, 11) is 0. The SMILES string of the molecule is CC(Nc1nccc(-c2scnc2-c2ccc(F)cc2)n1)c1ccccc1. The maximum absolute atomic E-state index is 13.2. The van der Waals surface area contributed by atoms with E-state index >= 15 is 0 Å². The molecule has 0 radical (unpaired) electrons. The molecule has 1 atom stereocenters. The molecule has 0 aliphatic rings. The van der Waals surface area contributed by atoms with Crippen LogP contribution in [0.5, 0.6) is 0 Å². The Bertz CT molecular complexity index is 1030. The number of hydrogen-bond acceptors (Lipinski definition) is 5. The lowest BCUT2D eigenvalue weighted by Gasteiger charge is -2.14. The third-order valence-electron chi connectivity index (χ3n) is 4.22. The molecule has 6 heteroatoms. The van der Waals surface area contributed by atoms with Crippen LogP contribution < -0.4 is 5.32 Å². The lowest BCUT2D eigenvalue weighted by atomic mass is 10.1. The minimum Gasteiger partial charge on any atom is -0.348 e. The van der Waals surface area contributed by atoms with E-state index in [0.29, 0.717) is 5.95 Å². The molecule has 4 nitrogen and oxygen atoms in total. The normalized spacial score (nSPS) is 11.9. The van der Waals surface area contributed by atoms with Gasteiger partial charge in [-0.25, -0.2) is 19.3 Å². The van der Waals surface area contributed by atoms with Crippen LogP contribution in [0, 0.1) is 5.82 Å². The largest absolute Gasteiger partial charge is 0.348 e. The molecule has 0 bridgehead atoms. The molecule has 134 valence electrons. The Kier molecular flexibility index (Phi) is 4.89. The number of nitrogens with zero attached hydrogens (tertiary/aromatic N) is 3. The van der Waals surface area contributed by atoms with E-state index in [1.54, 1.807) is 23.8 Å². The van der Waals surface area contributed by atoms with Gasteiger partial charge in [0.15, 0.2) is 0 Å².